The Morgan fingerprint density at radius 2 is 1.90 bits per heavy atom. The molecule has 0 aliphatic rings. The largest absolute Gasteiger partial charge is 0.268 e. The number of aryl methyl sites for hydroxylation is 1. The van der Waals surface area contributed by atoms with Gasteiger partial charge in [0, 0.05) is 6.20 Å². The van der Waals surface area contributed by atoms with Gasteiger partial charge in [0.25, 0.3) is 0 Å². The molecule has 1 N–H and O–H groups in total. The average Bonchev–Trinajstić information content (AvgIpc) is 2.81. The van der Waals surface area contributed by atoms with Gasteiger partial charge in [-0.2, -0.15) is 0 Å². The molecular formula is C14H14N4O2S. The predicted octanol–water partition coefficient (Wildman–Crippen LogP) is 1.98. The first-order valence-electron chi connectivity index (χ1n) is 6.39. The number of aromatic nitrogens is 3. The fraction of sp³-hybridized carbons (Fsp3) is 0.143. The van der Waals surface area contributed by atoms with Crippen molar-refractivity contribution in [3.05, 3.63) is 59.8 Å². The van der Waals surface area contributed by atoms with Gasteiger partial charge in [-0.05, 0) is 30.2 Å². The Labute approximate surface area is 122 Å². The number of sulfonamides is 1. The molecule has 0 fully saturated rings. The molecular weight excluding hydrogens is 288 g/mol. The van der Waals surface area contributed by atoms with Crippen LogP contribution in [0.5, 0.6) is 0 Å². The van der Waals surface area contributed by atoms with Crippen LogP contribution in [-0.4, -0.2) is 23.0 Å². The molecule has 3 aromatic rings. The molecule has 0 atom stereocenters. The molecule has 0 aliphatic carbocycles. The van der Waals surface area contributed by atoms with Gasteiger partial charge in [-0.15, -0.1) is 10.2 Å². The van der Waals surface area contributed by atoms with Gasteiger partial charge < -0.3 is 0 Å². The van der Waals surface area contributed by atoms with Crippen molar-refractivity contribution in [1.82, 2.24) is 14.6 Å². The second kappa shape index (κ2) is 5.17. The predicted molar refractivity (Wildman–Crippen MR) is 80.4 cm³/mol. The Morgan fingerprint density at radius 3 is 2.67 bits per heavy atom. The first-order valence-corrected chi connectivity index (χ1v) is 8.04. The van der Waals surface area contributed by atoms with Crippen molar-refractivity contribution in [1.29, 1.82) is 0 Å². The zero-order chi connectivity index (χ0) is 14.9. The number of fused-ring (bicyclic) bond motifs is 1. The van der Waals surface area contributed by atoms with E-state index < -0.39 is 10.0 Å². The first-order chi connectivity index (χ1) is 10.0. The van der Waals surface area contributed by atoms with E-state index in [1.54, 1.807) is 34.9 Å². The van der Waals surface area contributed by atoms with Gasteiger partial charge in [0.1, 0.15) is 0 Å². The Hall–Kier alpha value is -2.41. The summed E-state index contributed by atoms with van der Waals surface area (Å²) in [5.41, 5.74) is 2.36. The molecule has 21 heavy (non-hydrogen) atoms. The van der Waals surface area contributed by atoms with Gasteiger partial charge in [0.15, 0.2) is 5.65 Å². The second-order valence-electron chi connectivity index (χ2n) is 4.80. The van der Waals surface area contributed by atoms with Crippen LogP contribution >= 0.6 is 0 Å². The summed E-state index contributed by atoms with van der Waals surface area (Å²) < 4.78 is 28.4. The fourth-order valence-corrected chi connectivity index (χ4v) is 3.15. The number of anilines is 1. The van der Waals surface area contributed by atoms with Gasteiger partial charge in [-0.25, -0.2) is 8.42 Å². The van der Waals surface area contributed by atoms with Crippen LogP contribution < -0.4 is 4.72 Å². The van der Waals surface area contributed by atoms with E-state index >= 15 is 0 Å². The Balaban J connectivity index is 1.87. The van der Waals surface area contributed by atoms with Crippen LogP contribution in [0.4, 0.5) is 5.95 Å². The van der Waals surface area contributed by atoms with Crippen LogP contribution in [0.1, 0.15) is 11.1 Å². The lowest BCUT2D eigenvalue weighted by Crippen LogP contribution is -2.17. The van der Waals surface area contributed by atoms with Gasteiger partial charge in [-0.3, -0.25) is 9.12 Å². The lowest BCUT2D eigenvalue weighted by molar-refractivity contribution is 0.600. The van der Waals surface area contributed by atoms with Crippen molar-refractivity contribution in [2.75, 3.05) is 4.72 Å². The minimum absolute atomic E-state index is 0.103. The molecule has 6 nitrogen and oxygen atoms in total. The van der Waals surface area contributed by atoms with Crippen molar-refractivity contribution in [3.63, 3.8) is 0 Å². The Morgan fingerprint density at radius 1 is 1.14 bits per heavy atom. The molecule has 108 valence electrons. The van der Waals surface area contributed by atoms with Gasteiger partial charge in [0.05, 0.1) is 5.75 Å². The van der Waals surface area contributed by atoms with Crippen molar-refractivity contribution >= 4 is 21.6 Å². The zero-order valence-electron chi connectivity index (χ0n) is 11.4. The van der Waals surface area contributed by atoms with Crippen LogP contribution in [-0.2, 0) is 15.8 Å². The lowest BCUT2D eigenvalue weighted by Gasteiger charge is -2.06. The summed E-state index contributed by atoms with van der Waals surface area (Å²) in [5, 5.41) is 7.84. The quantitative estimate of drug-likeness (QED) is 0.799. The zero-order valence-corrected chi connectivity index (χ0v) is 12.2. The molecule has 0 saturated carbocycles. The number of nitrogens with one attached hydrogen (secondary N) is 1. The third kappa shape index (κ3) is 3.03. The monoisotopic (exact) mass is 302 g/mol. The van der Waals surface area contributed by atoms with Crippen molar-refractivity contribution in [3.8, 4) is 0 Å². The number of benzene rings is 1. The van der Waals surface area contributed by atoms with E-state index in [4.69, 9.17) is 0 Å². The molecule has 0 bridgehead atoms. The molecule has 0 aliphatic heterocycles. The van der Waals surface area contributed by atoms with Gasteiger partial charge >= 0.3 is 0 Å². The molecule has 0 saturated heterocycles. The Bertz CT molecular complexity index is 872. The highest BCUT2D eigenvalue weighted by molar-refractivity contribution is 7.91. The molecule has 3 rings (SSSR count). The summed E-state index contributed by atoms with van der Waals surface area (Å²) in [5.74, 6) is 0.0927. The lowest BCUT2D eigenvalue weighted by atomic mass is 10.2. The van der Waals surface area contributed by atoms with Crippen LogP contribution in [0, 0.1) is 6.92 Å². The number of pyridine rings is 1. The third-order valence-corrected chi connectivity index (χ3v) is 4.22. The van der Waals surface area contributed by atoms with Crippen LogP contribution in [0.3, 0.4) is 0 Å². The maximum atomic E-state index is 12.2. The summed E-state index contributed by atoms with van der Waals surface area (Å²) in [6.07, 6.45) is 1.74. The molecule has 7 heteroatoms. The van der Waals surface area contributed by atoms with E-state index in [1.165, 1.54) is 0 Å². The molecule has 1 aromatic carbocycles. The highest BCUT2D eigenvalue weighted by Crippen LogP contribution is 2.13. The van der Waals surface area contributed by atoms with E-state index in [-0.39, 0.29) is 11.7 Å². The van der Waals surface area contributed by atoms with E-state index in [1.807, 2.05) is 25.1 Å². The standard InChI is InChI=1S/C14H14N4O2S/c1-11-7-8-18-13(9-11)15-16-14(18)17-21(19,20)10-12-5-3-2-4-6-12/h2-9H,10H2,1H3,(H,16,17). The fourth-order valence-electron chi connectivity index (χ4n) is 2.03. The average molecular weight is 302 g/mol. The summed E-state index contributed by atoms with van der Waals surface area (Å²) in [6.45, 7) is 1.94. The number of hydrogen-bond acceptors (Lipinski definition) is 4. The van der Waals surface area contributed by atoms with Crippen molar-refractivity contribution in [2.24, 2.45) is 0 Å². The Kier molecular flexibility index (Phi) is 3.34. The number of rotatable bonds is 4. The number of hydrogen-bond donors (Lipinski definition) is 1. The summed E-state index contributed by atoms with van der Waals surface area (Å²) in [4.78, 5) is 0. The maximum Gasteiger partial charge on any atom is 0.242 e. The molecule has 2 heterocycles. The van der Waals surface area contributed by atoms with Crippen molar-refractivity contribution < 1.29 is 8.42 Å². The highest BCUT2D eigenvalue weighted by Gasteiger charge is 2.15. The van der Waals surface area contributed by atoms with E-state index in [0.717, 1.165) is 11.1 Å². The minimum atomic E-state index is -3.53. The summed E-state index contributed by atoms with van der Waals surface area (Å²) in [7, 11) is -3.53. The topological polar surface area (TPSA) is 76.4 Å². The van der Waals surface area contributed by atoms with Crippen LogP contribution in [0.15, 0.2) is 48.7 Å². The molecule has 0 radical (unpaired) electrons. The van der Waals surface area contributed by atoms with Gasteiger partial charge in [-0.1, -0.05) is 30.3 Å². The smallest absolute Gasteiger partial charge is 0.242 e. The molecule has 2 aromatic heterocycles. The molecule has 0 unspecified atom stereocenters. The minimum Gasteiger partial charge on any atom is -0.268 e. The normalized spacial score (nSPS) is 11.7. The maximum absolute atomic E-state index is 12.2. The second-order valence-corrected chi connectivity index (χ2v) is 6.52. The highest BCUT2D eigenvalue weighted by atomic mass is 32.2. The molecule has 0 amide bonds. The van der Waals surface area contributed by atoms with Crippen LogP contribution in [0.2, 0.25) is 0 Å². The number of nitrogens with zero attached hydrogens (tertiary/aromatic N) is 3. The molecule has 0 spiro atoms. The first kappa shape index (κ1) is 13.6. The van der Waals surface area contributed by atoms with E-state index in [2.05, 4.69) is 14.9 Å². The van der Waals surface area contributed by atoms with E-state index in [0.29, 0.717) is 5.65 Å². The van der Waals surface area contributed by atoms with Crippen LogP contribution in [0.25, 0.3) is 5.65 Å². The SMILES string of the molecule is Cc1ccn2c(NS(=O)(=O)Cc3ccccc3)nnc2c1. The van der Waals surface area contributed by atoms with Crippen molar-refractivity contribution in [2.45, 2.75) is 12.7 Å². The summed E-state index contributed by atoms with van der Waals surface area (Å²) >= 11 is 0. The third-order valence-electron chi connectivity index (χ3n) is 3.01. The van der Waals surface area contributed by atoms with Gasteiger partial charge in [0.2, 0.25) is 16.0 Å². The van der Waals surface area contributed by atoms with E-state index in [9.17, 15) is 8.42 Å². The summed E-state index contributed by atoms with van der Waals surface area (Å²) in [6, 6.07) is 12.7.